The first-order valence-electron chi connectivity index (χ1n) is 2.69. The lowest BCUT2D eigenvalue weighted by molar-refractivity contribution is 0.456. The Morgan fingerprint density at radius 3 is 2.56 bits per heavy atom. The van der Waals surface area contributed by atoms with Crippen LogP contribution in [0.4, 0.5) is 0 Å². The zero-order chi connectivity index (χ0) is 6.91. The molecule has 0 atom stereocenters. The van der Waals surface area contributed by atoms with Crippen molar-refractivity contribution in [2.24, 2.45) is 0 Å². The van der Waals surface area contributed by atoms with Gasteiger partial charge in [0.1, 0.15) is 6.26 Å². The minimum atomic E-state index is -0.142. The van der Waals surface area contributed by atoms with Gasteiger partial charge in [-0.25, -0.2) is 4.98 Å². The standard InChI is InChI=1S/C6H8BrNO/c1-6(2,7)5-8-3-4-9-5/h3-4H,1-2H3. The predicted octanol–water partition coefficient (Wildman–Crippen LogP) is 2.30. The van der Waals surface area contributed by atoms with E-state index in [1.165, 1.54) is 0 Å². The van der Waals surface area contributed by atoms with Crippen LogP contribution in [0.25, 0.3) is 0 Å². The molecule has 0 fully saturated rings. The maximum absolute atomic E-state index is 5.04. The van der Waals surface area contributed by atoms with Gasteiger partial charge in [-0.15, -0.1) is 0 Å². The number of aromatic nitrogens is 1. The van der Waals surface area contributed by atoms with Crippen LogP contribution in [0.5, 0.6) is 0 Å². The highest BCUT2D eigenvalue weighted by atomic mass is 79.9. The van der Waals surface area contributed by atoms with Gasteiger partial charge >= 0.3 is 0 Å². The SMILES string of the molecule is CC(C)(Br)c1ncco1. The Hall–Kier alpha value is -0.310. The Balaban J connectivity index is 2.90. The quantitative estimate of drug-likeness (QED) is 0.635. The normalized spacial score (nSPS) is 11.9. The van der Waals surface area contributed by atoms with Gasteiger partial charge in [0.2, 0.25) is 5.89 Å². The molecule has 1 aromatic heterocycles. The molecular formula is C6H8BrNO. The lowest BCUT2D eigenvalue weighted by Gasteiger charge is -2.08. The van der Waals surface area contributed by atoms with Gasteiger partial charge < -0.3 is 4.42 Å². The monoisotopic (exact) mass is 189 g/mol. The molecule has 0 N–H and O–H groups in total. The third kappa shape index (κ3) is 1.55. The number of hydrogen-bond donors (Lipinski definition) is 0. The molecule has 1 aromatic rings. The Bertz CT molecular complexity index is 175. The van der Waals surface area contributed by atoms with E-state index >= 15 is 0 Å². The molecule has 0 amide bonds. The summed E-state index contributed by atoms with van der Waals surface area (Å²) in [4.78, 5) is 3.97. The molecule has 0 aromatic carbocycles. The lowest BCUT2D eigenvalue weighted by atomic mass is 10.2. The van der Waals surface area contributed by atoms with Gasteiger partial charge in [-0.2, -0.15) is 0 Å². The zero-order valence-corrected chi connectivity index (χ0v) is 6.97. The van der Waals surface area contributed by atoms with Gasteiger partial charge in [0.15, 0.2) is 0 Å². The van der Waals surface area contributed by atoms with Crippen molar-refractivity contribution in [2.45, 2.75) is 18.2 Å². The highest BCUT2D eigenvalue weighted by Gasteiger charge is 2.20. The maximum Gasteiger partial charge on any atom is 0.210 e. The van der Waals surface area contributed by atoms with E-state index in [-0.39, 0.29) is 4.32 Å². The summed E-state index contributed by atoms with van der Waals surface area (Å²) in [6.45, 7) is 3.97. The minimum absolute atomic E-state index is 0.142. The van der Waals surface area contributed by atoms with E-state index in [0.29, 0.717) is 5.89 Å². The Morgan fingerprint density at radius 2 is 2.33 bits per heavy atom. The first-order valence-corrected chi connectivity index (χ1v) is 3.49. The highest BCUT2D eigenvalue weighted by molar-refractivity contribution is 9.09. The lowest BCUT2D eigenvalue weighted by Crippen LogP contribution is -2.06. The molecule has 0 spiro atoms. The van der Waals surface area contributed by atoms with Gasteiger partial charge in [-0.1, -0.05) is 15.9 Å². The Labute approximate surface area is 62.4 Å². The van der Waals surface area contributed by atoms with Gasteiger partial charge in [0.25, 0.3) is 0 Å². The topological polar surface area (TPSA) is 26.0 Å². The van der Waals surface area contributed by atoms with Gasteiger partial charge in [-0.05, 0) is 13.8 Å². The number of hydrogen-bond acceptors (Lipinski definition) is 2. The largest absolute Gasteiger partial charge is 0.448 e. The fourth-order valence-electron chi connectivity index (χ4n) is 0.517. The van der Waals surface area contributed by atoms with Crippen LogP contribution in [0.15, 0.2) is 16.9 Å². The minimum Gasteiger partial charge on any atom is -0.448 e. The number of nitrogens with zero attached hydrogens (tertiary/aromatic N) is 1. The smallest absolute Gasteiger partial charge is 0.210 e. The summed E-state index contributed by atoms with van der Waals surface area (Å²) in [6, 6.07) is 0. The predicted molar refractivity (Wildman–Crippen MR) is 38.5 cm³/mol. The molecule has 2 nitrogen and oxygen atoms in total. The van der Waals surface area contributed by atoms with Crippen LogP contribution in [-0.2, 0) is 4.32 Å². The van der Waals surface area contributed by atoms with Crippen LogP contribution in [0.3, 0.4) is 0 Å². The van der Waals surface area contributed by atoms with E-state index in [2.05, 4.69) is 20.9 Å². The summed E-state index contributed by atoms with van der Waals surface area (Å²) < 4.78 is 4.90. The van der Waals surface area contributed by atoms with Crippen LogP contribution in [0.1, 0.15) is 19.7 Å². The molecule has 50 valence electrons. The molecule has 0 aliphatic heterocycles. The van der Waals surface area contributed by atoms with Crippen LogP contribution in [0, 0.1) is 0 Å². The molecule has 0 aliphatic rings. The molecule has 0 saturated heterocycles. The second kappa shape index (κ2) is 2.14. The Kier molecular flexibility index (Phi) is 1.62. The van der Waals surface area contributed by atoms with Crippen molar-refractivity contribution in [3.8, 4) is 0 Å². The average molecular weight is 190 g/mol. The van der Waals surface area contributed by atoms with Gasteiger partial charge in [-0.3, -0.25) is 0 Å². The number of rotatable bonds is 1. The third-order valence-electron chi connectivity index (χ3n) is 0.941. The summed E-state index contributed by atoms with van der Waals surface area (Å²) in [6.07, 6.45) is 3.21. The van der Waals surface area contributed by atoms with Crippen LogP contribution < -0.4 is 0 Å². The summed E-state index contributed by atoms with van der Waals surface area (Å²) in [5.41, 5.74) is 0. The number of halogens is 1. The summed E-state index contributed by atoms with van der Waals surface area (Å²) >= 11 is 3.41. The molecule has 9 heavy (non-hydrogen) atoms. The Morgan fingerprint density at radius 1 is 1.67 bits per heavy atom. The van der Waals surface area contributed by atoms with Crippen molar-refractivity contribution < 1.29 is 4.42 Å². The average Bonchev–Trinajstić information content (AvgIpc) is 2.08. The maximum atomic E-state index is 5.04. The molecule has 1 rings (SSSR count). The summed E-state index contributed by atoms with van der Waals surface area (Å²) in [5, 5.41) is 0. The second-order valence-electron chi connectivity index (χ2n) is 2.31. The molecule has 0 saturated carbocycles. The summed E-state index contributed by atoms with van der Waals surface area (Å²) in [5.74, 6) is 0.711. The van der Waals surface area contributed by atoms with Crippen molar-refractivity contribution >= 4 is 15.9 Å². The molecule has 0 bridgehead atoms. The van der Waals surface area contributed by atoms with Crippen molar-refractivity contribution in [1.29, 1.82) is 0 Å². The zero-order valence-electron chi connectivity index (χ0n) is 5.39. The highest BCUT2D eigenvalue weighted by Crippen LogP contribution is 2.27. The van der Waals surface area contributed by atoms with Crippen molar-refractivity contribution in [3.63, 3.8) is 0 Å². The fourth-order valence-corrected chi connectivity index (χ4v) is 0.713. The van der Waals surface area contributed by atoms with E-state index < -0.39 is 0 Å². The van der Waals surface area contributed by atoms with Gasteiger partial charge in [0.05, 0.1) is 10.5 Å². The van der Waals surface area contributed by atoms with Crippen molar-refractivity contribution in [3.05, 3.63) is 18.4 Å². The molecule has 1 heterocycles. The van der Waals surface area contributed by atoms with E-state index in [1.54, 1.807) is 12.5 Å². The molecule has 3 heteroatoms. The number of oxazole rings is 1. The molecule has 0 unspecified atom stereocenters. The first kappa shape index (κ1) is 6.81. The van der Waals surface area contributed by atoms with E-state index in [0.717, 1.165) is 0 Å². The van der Waals surface area contributed by atoms with E-state index in [1.807, 2.05) is 13.8 Å². The fraction of sp³-hybridized carbons (Fsp3) is 0.500. The van der Waals surface area contributed by atoms with Gasteiger partial charge in [0, 0.05) is 0 Å². The van der Waals surface area contributed by atoms with Crippen molar-refractivity contribution in [2.75, 3.05) is 0 Å². The molecule has 0 radical (unpaired) electrons. The second-order valence-corrected chi connectivity index (χ2v) is 4.29. The summed E-state index contributed by atoms with van der Waals surface area (Å²) in [7, 11) is 0. The van der Waals surface area contributed by atoms with E-state index in [9.17, 15) is 0 Å². The van der Waals surface area contributed by atoms with Crippen LogP contribution >= 0.6 is 15.9 Å². The number of alkyl halides is 1. The van der Waals surface area contributed by atoms with Crippen LogP contribution in [-0.4, -0.2) is 4.98 Å². The molecule has 0 aliphatic carbocycles. The first-order chi connectivity index (χ1) is 4.11. The molecular weight excluding hydrogens is 182 g/mol. The van der Waals surface area contributed by atoms with E-state index in [4.69, 9.17) is 4.42 Å². The van der Waals surface area contributed by atoms with Crippen molar-refractivity contribution in [1.82, 2.24) is 4.98 Å². The van der Waals surface area contributed by atoms with Crippen LogP contribution in [0.2, 0.25) is 0 Å². The third-order valence-corrected chi connectivity index (χ3v) is 1.28.